The van der Waals surface area contributed by atoms with Crippen LogP contribution in [0, 0.1) is 0 Å². The maximum Gasteiger partial charge on any atom is 0.145 e. The zero-order chi connectivity index (χ0) is 35.0. The Hall–Kier alpha value is -6.71. The fourth-order valence-corrected chi connectivity index (χ4v) is 9.75. The van der Waals surface area contributed by atoms with Crippen LogP contribution in [0.15, 0.2) is 162 Å². The maximum atomic E-state index is 6.50. The normalized spacial score (nSPS) is 13.6. The Kier molecular flexibility index (Phi) is 5.57. The lowest BCUT2D eigenvalue weighted by Crippen LogP contribution is -2.15. The van der Waals surface area contributed by atoms with E-state index in [1.165, 1.54) is 65.5 Å². The highest BCUT2D eigenvalue weighted by Crippen LogP contribution is 2.56. The van der Waals surface area contributed by atoms with Crippen molar-refractivity contribution in [2.24, 2.45) is 0 Å². The number of benzene rings is 8. The largest absolute Gasteiger partial charge is 0.455 e. The predicted molar refractivity (Wildman–Crippen MR) is 221 cm³/mol. The van der Waals surface area contributed by atoms with Gasteiger partial charge in [-0.25, -0.2) is 4.98 Å². The van der Waals surface area contributed by atoms with Gasteiger partial charge in [-0.05, 0) is 84.9 Å². The van der Waals surface area contributed by atoms with Crippen molar-refractivity contribution >= 4 is 76.2 Å². The molecule has 0 unspecified atom stereocenters. The third-order valence-electron chi connectivity index (χ3n) is 12.0. The smallest absolute Gasteiger partial charge is 0.145 e. The molecular weight excluding hydrogens is 645 g/mol. The highest BCUT2D eigenvalue weighted by atomic mass is 16.3. The molecule has 11 aromatic rings. The zero-order valence-electron chi connectivity index (χ0n) is 29.3. The minimum absolute atomic E-state index is 0.239. The summed E-state index contributed by atoms with van der Waals surface area (Å²) in [4.78, 5) is 5.06. The SMILES string of the molecule is CC1(C)c2ccc3c4cccnc4n(-c4cccc(-c5cccc6c5oc5ccccc56)c4)c3c2-c2ccc3c4ccccc4c4ccccc4c3c21. The van der Waals surface area contributed by atoms with Crippen molar-refractivity contribution in [2.45, 2.75) is 19.3 Å². The summed E-state index contributed by atoms with van der Waals surface area (Å²) in [5.41, 5.74) is 12.3. The number of para-hydroxylation sites is 2. The second-order valence-electron chi connectivity index (χ2n) is 15.1. The number of fused-ring (bicyclic) bond motifs is 17. The molecule has 0 saturated carbocycles. The van der Waals surface area contributed by atoms with E-state index < -0.39 is 0 Å². The standard InChI is InChI=1S/C50H32N2O/c1-50(2)42-26-25-38-40-21-11-27-51-49(40)52(30-13-9-12-29(28-30)31-19-10-20-39-35-17-7-8-22-43(35)53-48(31)39)47(38)45(42)41-24-23-37-34-16-4-3-14-32(34)33-15-5-6-18-36(33)44(37)46(41)50/h3-28H,1-2H3. The molecule has 3 heterocycles. The van der Waals surface area contributed by atoms with Gasteiger partial charge in [0, 0.05) is 50.0 Å². The van der Waals surface area contributed by atoms with Crippen LogP contribution in [0.2, 0.25) is 0 Å². The summed E-state index contributed by atoms with van der Waals surface area (Å²) in [5, 5.41) is 12.5. The molecule has 1 aliphatic carbocycles. The molecule has 8 aromatic carbocycles. The molecule has 0 bridgehead atoms. The van der Waals surface area contributed by atoms with Crippen molar-refractivity contribution < 1.29 is 4.42 Å². The van der Waals surface area contributed by atoms with Gasteiger partial charge in [-0.2, -0.15) is 0 Å². The van der Waals surface area contributed by atoms with Crippen molar-refractivity contribution in [3.63, 3.8) is 0 Å². The van der Waals surface area contributed by atoms with E-state index in [0.29, 0.717) is 0 Å². The van der Waals surface area contributed by atoms with E-state index in [2.05, 4.69) is 158 Å². The van der Waals surface area contributed by atoms with E-state index in [4.69, 9.17) is 9.40 Å². The molecule has 3 aromatic heterocycles. The van der Waals surface area contributed by atoms with Gasteiger partial charge in [-0.3, -0.25) is 4.57 Å². The zero-order valence-corrected chi connectivity index (χ0v) is 29.3. The molecule has 0 N–H and O–H groups in total. The minimum atomic E-state index is -0.239. The number of hydrogen-bond donors (Lipinski definition) is 0. The second-order valence-corrected chi connectivity index (χ2v) is 15.1. The number of hydrogen-bond acceptors (Lipinski definition) is 2. The number of aromatic nitrogens is 2. The monoisotopic (exact) mass is 676 g/mol. The molecule has 248 valence electrons. The Morgan fingerprint density at radius 1 is 0.528 bits per heavy atom. The highest BCUT2D eigenvalue weighted by molar-refractivity contribution is 6.28. The Balaban J connectivity index is 1.18. The summed E-state index contributed by atoms with van der Waals surface area (Å²) in [6, 6.07) is 55.2. The number of rotatable bonds is 2. The lowest BCUT2D eigenvalue weighted by atomic mass is 9.78. The fourth-order valence-electron chi connectivity index (χ4n) is 9.75. The molecular formula is C50H32N2O. The average molecular weight is 677 g/mol. The molecule has 0 atom stereocenters. The van der Waals surface area contributed by atoms with Crippen LogP contribution in [0.5, 0.6) is 0 Å². The van der Waals surface area contributed by atoms with Crippen molar-refractivity contribution in [1.29, 1.82) is 0 Å². The van der Waals surface area contributed by atoms with Gasteiger partial charge in [-0.15, -0.1) is 0 Å². The Morgan fingerprint density at radius 2 is 1.19 bits per heavy atom. The Bertz CT molecular complexity index is 3340. The van der Waals surface area contributed by atoms with Crippen LogP contribution >= 0.6 is 0 Å². The first-order chi connectivity index (χ1) is 26.1. The molecule has 0 saturated heterocycles. The van der Waals surface area contributed by atoms with Crippen molar-refractivity contribution in [1.82, 2.24) is 9.55 Å². The summed E-state index contributed by atoms with van der Waals surface area (Å²) in [7, 11) is 0. The number of furan rings is 1. The van der Waals surface area contributed by atoms with E-state index in [1.54, 1.807) is 0 Å². The van der Waals surface area contributed by atoms with E-state index in [9.17, 15) is 0 Å². The first-order valence-electron chi connectivity index (χ1n) is 18.4. The topological polar surface area (TPSA) is 31.0 Å². The first-order valence-corrected chi connectivity index (χ1v) is 18.4. The van der Waals surface area contributed by atoms with Gasteiger partial charge in [0.15, 0.2) is 0 Å². The lowest BCUT2D eigenvalue weighted by molar-refractivity contribution is 0.667. The number of nitrogens with zero attached hydrogens (tertiary/aromatic N) is 2. The molecule has 12 rings (SSSR count). The first kappa shape index (κ1) is 28.9. The molecule has 0 radical (unpaired) electrons. The van der Waals surface area contributed by atoms with Crippen LogP contribution in [-0.2, 0) is 5.41 Å². The molecule has 3 nitrogen and oxygen atoms in total. The van der Waals surface area contributed by atoms with Gasteiger partial charge in [0.05, 0.1) is 5.52 Å². The van der Waals surface area contributed by atoms with E-state index >= 15 is 0 Å². The molecule has 0 amide bonds. The van der Waals surface area contributed by atoms with Gasteiger partial charge >= 0.3 is 0 Å². The highest BCUT2D eigenvalue weighted by Gasteiger charge is 2.40. The molecule has 0 fully saturated rings. The summed E-state index contributed by atoms with van der Waals surface area (Å²) >= 11 is 0. The second kappa shape index (κ2) is 10.2. The third-order valence-corrected chi connectivity index (χ3v) is 12.0. The summed E-state index contributed by atoms with van der Waals surface area (Å²) < 4.78 is 8.91. The van der Waals surface area contributed by atoms with Crippen molar-refractivity contribution in [2.75, 3.05) is 0 Å². The molecule has 1 aliphatic rings. The van der Waals surface area contributed by atoms with E-state index in [-0.39, 0.29) is 5.41 Å². The quantitative estimate of drug-likeness (QED) is 0.171. The predicted octanol–water partition coefficient (Wildman–Crippen LogP) is 13.5. The van der Waals surface area contributed by atoms with Gasteiger partial charge in [0.25, 0.3) is 0 Å². The molecule has 53 heavy (non-hydrogen) atoms. The fraction of sp³-hybridized carbons (Fsp3) is 0.0600. The van der Waals surface area contributed by atoms with Crippen LogP contribution in [0.1, 0.15) is 25.0 Å². The van der Waals surface area contributed by atoms with E-state index in [1.807, 2.05) is 18.3 Å². The van der Waals surface area contributed by atoms with Gasteiger partial charge in [0.2, 0.25) is 0 Å². The third kappa shape index (κ3) is 3.71. The van der Waals surface area contributed by atoms with Crippen LogP contribution < -0.4 is 0 Å². The van der Waals surface area contributed by atoms with Crippen LogP contribution in [0.4, 0.5) is 0 Å². The average Bonchev–Trinajstić information content (AvgIpc) is 3.83. The van der Waals surface area contributed by atoms with E-state index in [0.717, 1.165) is 49.8 Å². The Labute approximate surface area is 305 Å². The number of pyridine rings is 1. The van der Waals surface area contributed by atoms with Crippen LogP contribution in [0.3, 0.4) is 0 Å². The Morgan fingerprint density at radius 3 is 2.02 bits per heavy atom. The van der Waals surface area contributed by atoms with Gasteiger partial charge in [0.1, 0.15) is 16.8 Å². The molecule has 0 aliphatic heterocycles. The van der Waals surface area contributed by atoms with Gasteiger partial charge < -0.3 is 4.42 Å². The van der Waals surface area contributed by atoms with Crippen molar-refractivity contribution in [3.8, 4) is 27.9 Å². The molecule has 3 heteroatoms. The minimum Gasteiger partial charge on any atom is -0.455 e. The van der Waals surface area contributed by atoms with Gasteiger partial charge in [-0.1, -0.05) is 135 Å². The summed E-state index contributed by atoms with van der Waals surface area (Å²) in [5.74, 6) is 0. The van der Waals surface area contributed by atoms with Crippen molar-refractivity contribution in [3.05, 3.63) is 169 Å². The summed E-state index contributed by atoms with van der Waals surface area (Å²) in [6.07, 6.45) is 1.92. The summed E-state index contributed by atoms with van der Waals surface area (Å²) in [6.45, 7) is 4.82. The maximum absolute atomic E-state index is 6.50. The molecule has 0 spiro atoms. The lowest BCUT2D eigenvalue weighted by Gasteiger charge is -2.24. The van der Waals surface area contributed by atoms with Crippen LogP contribution in [0.25, 0.3) is 104 Å². The van der Waals surface area contributed by atoms with Crippen LogP contribution in [-0.4, -0.2) is 9.55 Å².